The highest BCUT2D eigenvalue weighted by atomic mass is 14.2. The van der Waals surface area contributed by atoms with Crippen molar-refractivity contribution in [3.05, 3.63) is 24.3 Å². The van der Waals surface area contributed by atoms with Crippen molar-refractivity contribution in [2.24, 2.45) is 5.92 Å². The van der Waals surface area contributed by atoms with Crippen LogP contribution in [0, 0.1) is 5.92 Å². The largest absolute Gasteiger partial charge is 0.102 e. The molecule has 0 aliphatic heterocycles. The van der Waals surface area contributed by atoms with Crippen molar-refractivity contribution in [1.29, 1.82) is 0 Å². The molecule has 0 aromatic carbocycles. The van der Waals surface area contributed by atoms with Gasteiger partial charge in [-0.15, -0.1) is 6.58 Å². The Morgan fingerprint density at radius 1 is 1.46 bits per heavy atom. The molecule has 1 unspecified atom stereocenters. The molecule has 0 bridgehead atoms. The molecule has 0 amide bonds. The lowest BCUT2D eigenvalue weighted by Gasteiger charge is -2.22. The van der Waals surface area contributed by atoms with Gasteiger partial charge in [-0.1, -0.05) is 43.9 Å². The Kier molecular flexibility index (Phi) is 4.88. The monoisotopic (exact) mass is 178 g/mol. The van der Waals surface area contributed by atoms with Gasteiger partial charge in [0.05, 0.1) is 0 Å². The molecule has 1 saturated carbocycles. The molecule has 74 valence electrons. The number of rotatable bonds is 4. The Morgan fingerprint density at radius 2 is 2.31 bits per heavy atom. The van der Waals surface area contributed by atoms with E-state index in [1.807, 2.05) is 0 Å². The fourth-order valence-electron chi connectivity index (χ4n) is 2.08. The van der Waals surface area contributed by atoms with Crippen molar-refractivity contribution < 1.29 is 0 Å². The number of allylic oxidation sites excluding steroid dienone is 3. The van der Waals surface area contributed by atoms with Gasteiger partial charge >= 0.3 is 0 Å². The van der Waals surface area contributed by atoms with Gasteiger partial charge in [0.25, 0.3) is 0 Å². The van der Waals surface area contributed by atoms with Crippen LogP contribution in [0.2, 0.25) is 0 Å². The average Bonchev–Trinajstić information content (AvgIpc) is 2.19. The minimum atomic E-state index is 0.700. The molecule has 0 radical (unpaired) electrons. The van der Waals surface area contributed by atoms with E-state index in [4.69, 9.17) is 0 Å². The topological polar surface area (TPSA) is 0 Å². The van der Waals surface area contributed by atoms with Crippen LogP contribution < -0.4 is 0 Å². The first-order chi connectivity index (χ1) is 6.38. The molecule has 0 saturated heterocycles. The van der Waals surface area contributed by atoms with Crippen LogP contribution in [0.15, 0.2) is 24.3 Å². The molecule has 0 heterocycles. The van der Waals surface area contributed by atoms with Crippen LogP contribution in [0.4, 0.5) is 0 Å². The highest BCUT2D eigenvalue weighted by Crippen LogP contribution is 2.30. The molecular formula is C13H22. The zero-order valence-electron chi connectivity index (χ0n) is 8.89. The summed E-state index contributed by atoms with van der Waals surface area (Å²) in [5, 5.41) is 0. The molecule has 0 N–H and O–H groups in total. The number of hydrogen-bond acceptors (Lipinski definition) is 0. The van der Waals surface area contributed by atoms with Gasteiger partial charge in [-0.3, -0.25) is 0 Å². The third-order valence-electron chi connectivity index (χ3n) is 2.96. The number of unbranched alkanes of at least 4 members (excludes halogenated alkanes) is 2. The van der Waals surface area contributed by atoms with Crippen molar-refractivity contribution >= 4 is 0 Å². The van der Waals surface area contributed by atoms with Gasteiger partial charge in [0.2, 0.25) is 0 Å². The van der Waals surface area contributed by atoms with E-state index in [1.54, 1.807) is 5.57 Å². The fraction of sp³-hybridized carbons (Fsp3) is 0.692. The summed E-state index contributed by atoms with van der Waals surface area (Å²) in [4.78, 5) is 0. The molecule has 0 nitrogen and oxygen atoms in total. The summed E-state index contributed by atoms with van der Waals surface area (Å²) < 4.78 is 0. The summed E-state index contributed by atoms with van der Waals surface area (Å²) in [5.41, 5.74) is 1.66. The van der Waals surface area contributed by atoms with E-state index in [-0.39, 0.29) is 0 Å². The van der Waals surface area contributed by atoms with Gasteiger partial charge in [0.1, 0.15) is 0 Å². The van der Waals surface area contributed by atoms with E-state index in [1.165, 1.54) is 44.9 Å². The molecule has 1 aliphatic rings. The average molecular weight is 178 g/mol. The molecule has 0 spiro atoms. The normalized spacial score (nSPS) is 26.2. The molecule has 1 rings (SSSR count). The SMILES string of the molecule is C=CC1CCCCC1=CCCCC. The Morgan fingerprint density at radius 3 is 3.00 bits per heavy atom. The first-order valence-electron chi connectivity index (χ1n) is 5.70. The fourth-order valence-corrected chi connectivity index (χ4v) is 2.08. The summed E-state index contributed by atoms with van der Waals surface area (Å²) in [6.07, 6.45) is 14.0. The third-order valence-corrected chi connectivity index (χ3v) is 2.96. The summed E-state index contributed by atoms with van der Waals surface area (Å²) in [7, 11) is 0. The van der Waals surface area contributed by atoms with Crippen molar-refractivity contribution in [2.75, 3.05) is 0 Å². The van der Waals surface area contributed by atoms with E-state index in [2.05, 4.69) is 25.7 Å². The van der Waals surface area contributed by atoms with E-state index < -0.39 is 0 Å². The second-order valence-corrected chi connectivity index (χ2v) is 4.01. The maximum atomic E-state index is 3.92. The Hall–Kier alpha value is -0.520. The van der Waals surface area contributed by atoms with Crippen LogP contribution in [0.5, 0.6) is 0 Å². The predicted molar refractivity (Wildman–Crippen MR) is 59.8 cm³/mol. The summed E-state index contributed by atoms with van der Waals surface area (Å²) in [6, 6.07) is 0. The summed E-state index contributed by atoms with van der Waals surface area (Å²) in [5.74, 6) is 0.700. The van der Waals surface area contributed by atoms with Crippen LogP contribution in [0.25, 0.3) is 0 Å². The van der Waals surface area contributed by atoms with Crippen molar-refractivity contribution in [1.82, 2.24) is 0 Å². The third kappa shape index (κ3) is 3.38. The number of hydrogen-bond donors (Lipinski definition) is 0. The van der Waals surface area contributed by atoms with Gasteiger partial charge in [-0.05, 0) is 31.6 Å². The lowest BCUT2D eigenvalue weighted by molar-refractivity contribution is 0.516. The first-order valence-corrected chi connectivity index (χ1v) is 5.70. The van der Waals surface area contributed by atoms with Gasteiger partial charge < -0.3 is 0 Å². The molecule has 0 aromatic heterocycles. The molecule has 0 aromatic rings. The van der Waals surface area contributed by atoms with Crippen molar-refractivity contribution in [2.45, 2.75) is 51.9 Å². The smallest absolute Gasteiger partial charge is 0.00260 e. The summed E-state index contributed by atoms with van der Waals surface area (Å²) >= 11 is 0. The van der Waals surface area contributed by atoms with E-state index in [0.29, 0.717) is 5.92 Å². The van der Waals surface area contributed by atoms with E-state index in [9.17, 15) is 0 Å². The first kappa shape index (κ1) is 10.6. The molecular weight excluding hydrogens is 156 g/mol. The minimum absolute atomic E-state index is 0.700. The highest BCUT2D eigenvalue weighted by molar-refractivity contribution is 5.14. The Labute approximate surface area is 82.7 Å². The van der Waals surface area contributed by atoms with Gasteiger partial charge in [-0.2, -0.15) is 0 Å². The second-order valence-electron chi connectivity index (χ2n) is 4.01. The molecule has 1 aliphatic carbocycles. The molecule has 1 atom stereocenters. The highest BCUT2D eigenvalue weighted by Gasteiger charge is 2.14. The van der Waals surface area contributed by atoms with Crippen LogP contribution in [-0.4, -0.2) is 0 Å². The standard InChI is InChI=1S/C13H22/c1-3-5-6-10-13-11-8-7-9-12(13)4-2/h4,10,12H,2-3,5-9,11H2,1H3. The lowest BCUT2D eigenvalue weighted by Crippen LogP contribution is -2.06. The van der Waals surface area contributed by atoms with Gasteiger partial charge in [-0.25, -0.2) is 0 Å². The van der Waals surface area contributed by atoms with Crippen LogP contribution >= 0.6 is 0 Å². The molecule has 1 fully saturated rings. The zero-order chi connectivity index (χ0) is 9.52. The maximum Gasteiger partial charge on any atom is -0.00260 e. The minimum Gasteiger partial charge on any atom is -0.102 e. The Bertz CT molecular complexity index is 176. The van der Waals surface area contributed by atoms with Crippen LogP contribution in [0.1, 0.15) is 51.9 Å². The predicted octanol–water partition coefficient (Wildman–Crippen LogP) is 4.48. The van der Waals surface area contributed by atoms with Crippen LogP contribution in [0.3, 0.4) is 0 Å². The molecule has 13 heavy (non-hydrogen) atoms. The van der Waals surface area contributed by atoms with Gasteiger partial charge in [0, 0.05) is 0 Å². The van der Waals surface area contributed by atoms with Gasteiger partial charge in [0.15, 0.2) is 0 Å². The van der Waals surface area contributed by atoms with Crippen molar-refractivity contribution in [3.8, 4) is 0 Å². The van der Waals surface area contributed by atoms with Crippen LogP contribution in [-0.2, 0) is 0 Å². The van der Waals surface area contributed by atoms with E-state index >= 15 is 0 Å². The molecule has 0 heteroatoms. The van der Waals surface area contributed by atoms with Crippen molar-refractivity contribution in [3.63, 3.8) is 0 Å². The second kappa shape index (κ2) is 6.01. The maximum absolute atomic E-state index is 3.92. The lowest BCUT2D eigenvalue weighted by atomic mass is 9.84. The zero-order valence-corrected chi connectivity index (χ0v) is 8.89. The summed E-state index contributed by atoms with van der Waals surface area (Å²) in [6.45, 7) is 6.18. The van der Waals surface area contributed by atoms with E-state index in [0.717, 1.165) is 0 Å². The Balaban J connectivity index is 2.43. The quantitative estimate of drug-likeness (QED) is 0.440.